The smallest absolute Gasteiger partial charge is 0.344 e. The number of carbonyl (C=O) groups excluding carboxylic acids is 2. The highest BCUT2D eigenvalue weighted by atomic mass is 16.6. The molecule has 0 aromatic rings. The first-order valence-corrected chi connectivity index (χ1v) is 3.26. The fourth-order valence-electron chi connectivity index (χ4n) is 0.383. The standard InChI is InChI=1S/C8H10O4/c1-3-5-11-8(10)6-12-7(9)4-2/h3-4H,1-2,5-6H2. The average Bonchev–Trinajstić information content (AvgIpc) is 2.10. The first kappa shape index (κ1) is 10.4. The quantitative estimate of drug-likeness (QED) is 0.341. The predicted molar refractivity (Wildman–Crippen MR) is 42.3 cm³/mol. The van der Waals surface area contributed by atoms with Gasteiger partial charge in [-0.25, -0.2) is 9.59 Å². The van der Waals surface area contributed by atoms with E-state index in [9.17, 15) is 9.59 Å². The van der Waals surface area contributed by atoms with E-state index in [2.05, 4.69) is 22.6 Å². The molecule has 0 spiro atoms. The van der Waals surface area contributed by atoms with Crippen LogP contribution in [-0.2, 0) is 19.1 Å². The number of rotatable bonds is 5. The van der Waals surface area contributed by atoms with Crippen LogP contribution in [0.4, 0.5) is 0 Å². The lowest BCUT2D eigenvalue weighted by Gasteiger charge is -2.01. The Bertz CT molecular complexity index is 195. The highest BCUT2D eigenvalue weighted by molar-refractivity contribution is 5.83. The molecule has 0 aliphatic carbocycles. The summed E-state index contributed by atoms with van der Waals surface area (Å²) in [5, 5.41) is 0. The van der Waals surface area contributed by atoms with Gasteiger partial charge in [0.05, 0.1) is 0 Å². The highest BCUT2D eigenvalue weighted by Crippen LogP contribution is 1.83. The van der Waals surface area contributed by atoms with Gasteiger partial charge in [0, 0.05) is 6.08 Å². The molecule has 4 heteroatoms. The maximum Gasteiger partial charge on any atom is 0.344 e. The fraction of sp³-hybridized carbons (Fsp3) is 0.250. The molecule has 4 nitrogen and oxygen atoms in total. The van der Waals surface area contributed by atoms with Crippen LogP contribution in [0.5, 0.6) is 0 Å². The van der Waals surface area contributed by atoms with Crippen molar-refractivity contribution in [1.82, 2.24) is 0 Å². The van der Waals surface area contributed by atoms with Gasteiger partial charge in [0.1, 0.15) is 6.61 Å². The van der Waals surface area contributed by atoms with Crippen molar-refractivity contribution in [2.24, 2.45) is 0 Å². The summed E-state index contributed by atoms with van der Waals surface area (Å²) < 4.78 is 8.90. The van der Waals surface area contributed by atoms with Crippen LogP contribution in [0.15, 0.2) is 25.3 Å². The van der Waals surface area contributed by atoms with Crippen molar-refractivity contribution in [2.45, 2.75) is 0 Å². The van der Waals surface area contributed by atoms with Crippen LogP contribution in [0.2, 0.25) is 0 Å². The van der Waals surface area contributed by atoms with E-state index in [1.54, 1.807) is 0 Å². The molecule has 0 fully saturated rings. The van der Waals surface area contributed by atoms with Gasteiger partial charge in [0.2, 0.25) is 0 Å². The minimum atomic E-state index is -0.648. The molecule has 0 rings (SSSR count). The van der Waals surface area contributed by atoms with E-state index in [0.717, 1.165) is 6.08 Å². The Hall–Kier alpha value is -1.58. The monoisotopic (exact) mass is 170 g/mol. The zero-order valence-electron chi connectivity index (χ0n) is 6.62. The van der Waals surface area contributed by atoms with Crippen molar-refractivity contribution in [3.63, 3.8) is 0 Å². The van der Waals surface area contributed by atoms with Crippen LogP contribution in [0.25, 0.3) is 0 Å². The van der Waals surface area contributed by atoms with Gasteiger partial charge in [0.15, 0.2) is 6.61 Å². The maximum absolute atomic E-state index is 10.6. The summed E-state index contributed by atoms with van der Waals surface area (Å²) in [6, 6.07) is 0. The lowest BCUT2D eigenvalue weighted by Crippen LogP contribution is -2.15. The van der Waals surface area contributed by atoms with Gasteiger partial charge in [-0.2, -0.15) is 0 Å². The Morgan fingerprint density at radius 3 is 2.42 bits per heavy atom. The van der Waals surface area contributed by atoms with Crippen LogP contribution in [0, 0.1) is 0 Å². The molecule has 0 atom stereocenters. The second-order valence-corrected chi connectivity index (χ2v) is 1.78. The van der Waals surface area contributed by atoms with Gasteiger partial charge in [-0.05, 0) is 0 Å². The van der Waals surface area contributed by atoms with E-state index in [0.29, 0.717) is 0 Å². The number of ether oxygens (including phenoxy) is 2. The molecule has 0 aliphatic heterocycles. The van der Waals surface area contributed by atoms with Gasteiger partial charge >= 0.3 is 11.9 Å². The molecule has 0 saturated heterocycles. The third-order valence-electron chi connectivity index (χ3n) is 0.861. The van der Waals surface area contributed by atoms with Crippen molar-refractivity contribution >= 4 is 11.9 Å². The Labute approximate surface area is 70.5 Å². The predicted octanol–water partition coefficient (Wildman–Crippen LogP) is 0.445. The SMILES string of the molecule is C=CCOC(=O)COC(=O)C=C. The van der Waals surface area contributed by atoms with Crippen molar-refractivity contribution < 1.29 is 19.1 Å². The zero-order valence-corrected chi connectivity index (χ0v) is 6.62. The largest absolute Gasteiger partial charge is 0.459 e. The Morgan fingerprint density at radius 2 is 1.92 bits per heavy atom. The van der Waals surface area contributed by atoms with E-state index in [1.165, 1.54) is 6.08 Å². The Balaban J connectivity index is 3.49. The number of hydrogen-bond donors (Lipinski definition) is 0. The molecular weight excluding hydrogens is 160 g/mol. The molecule has 0 aromatic carbocycles. The summed E-state index contributed by atoms with van der Waals surface area (Å²) in [5.74, 6) is -1.25. The minimum absolute atomic E-state index is 0.116. The van der Waals surface area contributed by atoms with Crippen LogP contribution in [0.1, 0.15) is 0 Å². The Kier molecular flexibility index (Phi) is 5.34. The topological polar surface area (TPSA) is 52.6 Å². The van der Waals surface area contributed by atoms with Crippen molar-refractivity contribution in [3.05, 3.63) is 25.3 Å². The van der Waals surface area contributed by atoms with Crippen molar-refractivity contribution in [2.75, 3.05) is 13.2 Å². The maximum atomic E-state index is 10.6. The summed E-state index contributed by atoms with van der Waals surface area (Å²) in [6.07, 6.45) is 2.40. The minimum Gasteiger partial charge on any atom is -0.459 e. The van der Waals surface area contributed by atoms with Gasteiger partial charge in [-0.15, -0.1) is 0 Å². The average molecular weight is 170 g/mol. The van der Waals surface area contributed by atoms with Crippen molar-refractivity contribution in [1.29, 1.82) is 0 Å². The van der Waals surface area contributed by atoms with Crippen LogP contribution < -0.4 is 0 Å². The van der Waals surface area contributed by atoms with Crippen LogP contribution in [0.3, 0.4) is 0 Å². The van der Waals surface area contributed by atoms with Gasteiger partial charge in [-0.3, -0.25) is 0 Å². The van der Waals surface area contributed by atoms with E-state index in [1.807, 2.05) is 0 Å². The van der Waals surface area contributed by atoms with Gasteiger partial charge < -0.3 is 9.47 Å². The third kappa shape index (κ3) is 5.22. The first-order chi connectivity index (χ1) is 5.70. The lowest BCUT2D eigenvalue weighted by atomic mass is 10.6. The molecule has 0 saturated carbocycles. The van der Waals surface area contributed by atoms with Crippen LogP contribution in [-0.4, -0.2) is 25.2 Å². The molecule has 12 heavy (non-hydrogen) atoms. The van der Waals surface area contributed by atoms with E-state index >= 15 is 0 Å². The number of esters is 2. The van der Waals surface area contributed by atoms with Gasteiger partial charge in [0.25, 0.3) is 0 Å². The molecule has 0 heterocycles. The second kappa shape index (κ2) is 6.15. The van der Waals surface area contributed by atoms with E-state index in [4.69, 9.17) is 0 Å². The van der Waals surface area contributed by atoms with E-state index < -0.39 is 18.5 Å². The zero-order chi connectivity index (χ0) is 9.40. The van der Waals surface area contributed by atoms with E-state index in [-0.39, 0.29) is 6.61 Å². The molecule has 66 valence electrons. The summed E-state index contributed by atoms with van der Waals surface area (Å²) in [4.78, 5) is 21.1. The molecular formula is C8H10O4. The molecule has 0 N–H and O–H groups in total. The normalized spacial score (nSPS) is 8.33. The molecule has 0 bridgehead atoms. The molecule has 0 aromatic heterocycles. The summed E-state index contributed by atoms with van der Waals surface area (Å²) in [5.41, 5.74) is 0. The summed E-state index contributed by atoms with van der Waals surface area (Å²) in [7, 11) is 0. The summed E-state index contributed by atoms with van der Waals surface area (Å²) in [6.45, 7) is 6.23. The number of carbonyl (C=O) groups is 2. The first-order valence-electron chi connectivity index (χ1n) is 3.26. The summed E-state index contributed by atoms with van der Waals surface area (Å²) >= 11 is 0. The highest BCUT2D eigenvalue weighted by Gasteiger charge is 2.03. The molecule has 0 unspecified atom stereocenters. The Morgan fingerprint density at radius 1 is 1.25 bits per heavy atom. The van der Waals surface area contributed by atoms with Crippen LogP contribution >= 0.6 is 0 Å². The lowest BCUT2D eigenvalue weighted by molar-refractivity contribution is -0.155. The van der Waals surface area contributed by atoms with Crippen molar-refractivity contribution in [3.8, 4) is 0 Å². The molecule has 0 radical (unpaired) electrons. The number of hydrogen-bond acceptors (Lipinski definition) is 4. The molecule has 0 amide bonds. The fourth-order valence-corrected chi connectivity index (χ4v) is 0.383. The second-order valence-electron chi connectivity index (χ2n) is 1.78. The molecule has 0 aliphatic rings. The van der Waals surface area contributed by atoms with Gasteiger partial charge in [-0.1, -0.05) is 19.2 Å². The third-order valence-corrected chi connectivity index (χ3v) is 0.861.